The fourth-order valence-corrected chi connectivity index (χ4v) is 2.08. The van der Waals surface area contributed by atoms with Gasteiger partial charge in [-0.05, 0) is 6.42 Å². The van der Waals surface area contributed by atoms with Crippen molar-refractivity contribution >= 4 is 11.7 Å². The molecule has 1 aromatic rings. The number of anilines is 1. The van der Waals surface area contributed by atoms with Crippen LogP contribution in [0.15, 0.2) is 17.5 Å². The molecule has 0 spiro atoms. The fourth-order valence-electron chi connectivity index (χ4n) is 2.08. The Labute approximate surface area is 105 Å². The number of aromatic nitrogens is 2. The van der Waals surface area contributed by atoms with Crippen molar-refractivity contribution in [3.8, 4) is 0 Å². The molecular formula is C11H17N5O2. The van der Waals surface area contributed by atoms with E-state index in [0.29, 0.717) is 11.6 Å². The van der Waals surface area contributed by atoms with Crippen LogP contribution >= 0.6 is 0 Å². The Morgan fingerprint density at radius 2 is 2.44 bits per heavy atom. The van der Waals surface area contributed by atoms with Gasteiger partial charge >= 0.3 is 0 Å². The van der Waals surface area contributed by atoms with Crippen molar-refractivity contribution in [2.24, 2.45) is 16.8 Å². The molecule has 98 valence electrons. The predicted octanol–water partition coefficient (Wildman–Crippen LogP) is 0.0438. The second kappa shape index (κ2) is 5.63. The lowest BCUT2D eigenvalue weighted by atomic mass is 10.1. The molecule has 0 aliphatic carbocycles. The molecule has 3 N–H and O–H groups in total. The molecule has 2 rings (SSSR count). The van der Waals surface area contributed by atoms with Crippen LogP contribution in [0.25, 0.3) is 0 Å². The zero-order valence-electron chi connectivity index (χ0n) is 10.3. The van der Waals surface area contributed by atoms with Gasteiger partial charge in [-0.1, -0.05) is 5.16 Å². The first-order valence-electron chi connectivity index (χ1n) is 5.78. The summed E-state index contributed by atoms with van der Waals surface area (Å²) >= 11 is 0. The van der Waals surface area contributed by atoms with E-state index in [2.05, 4.69) is 20.0 Å². The SMILES string of the molecule is COCC1CCN(c2cnc(C(N)=NO)cn2)C1. The number of rotatable bonds is 4. The third-order valence-corrected chi connectivity index (χ3v) is 3.02. The molecule has 1 aliphatic heterocycles. The van der Waals surface area contributed by atoms with Crippen molar-refractivity contribution in [1.29, 1.82) is 0 Å². The van der Waals surface area contributed by atoms with Gasteiger partial charge in [0.15, 0.2) is 5.84 Å². The van der Waals surface area contributed by atoms with Gasteiger partial charge in [0.05, 0.1) is 19.0 Å². The maximum atomic E-state index is 8.53. The van der Waals surface area contributed by atoms with Gasteiger partial charge in [-0.15, -0.1) is 0 Å². The van der Waals surface area contributed by atoms with Crippen LogP contribution in [0, 0.1) is 5.92 Å². The second-order valence-electron chi connectivity index (χ2n) is 4.30. The predicted molar refractivity (Wildman–Crippen MR) is 66.7 cm³/mol. The number of nitrogens with two attached hydrogens (primary N) is 1. The molecule has 1 aromatic heterocycles. The summed E-state index contributed by atoms with van der Waals surface area (Å²) in [7, 11) is 1.72. The van der Waals surface area contributed by atoms with Gasteiger partial charge in [0, 0.05) is 26.1 Å². The average Bonchev–Trinajstić information content (AvgIpc) is 2.87. The molecule has 2 heterocycles. The van der Waals surface area contributed by atoms with E-state index in [-0.39, 0.29) is 5.84 Å². The lowest BCUT2D eigenvalue weighted by Gasteiger charge is -2.16. The second-order valence-corrected chi connectivity index (χ2v) is 4.30. The van der Waals surface area contributed by atoms with Crippen LogP contribution < -0.4 is 10.6 Å². The minimum Gasteiger partial charge on any atom is -0.409 e. The van der Waals surface area contributed by atoms with Gasteiger partial charge in [-0.3, -0.25) is 0 Å². The summed E-state index contributed by atoms with van der Waals surface area (Å²) in [5, 5.41) is 11.4. The van der Waals surface area contributed by atoms with Crippen molar-refractivity contribution in [3.05, 3.63) is 18.1 Å². The van der Waals surface area contributed by atoms with Gasteiger partial charge in [0.2, 0.25) is 0 Å². The summed E-state index contributed by atoms with van der Waals surface area (Å²) in [6, 6.07) is 0. The quantitative estimate of drug-likeness (QED) is 0.339. The van der Waals surface area contributed by atoms with Crippen LogP contribution in [-0.2, 0) is 4.74 Å². The molecule has 1 saturated heterocycles. The van der Waals surface area contributed by atoms with Crippen LogP contribution in [-0.4, -0.2) is 47.8 Å². The molecule has 18 heavy (non-hydrogen) atoms. The van der Waals surface area contributed by atoms with E-state index in [1.165, 1.54) is 6.20 Å². The molecule has 0 aromatic carbocycles. The number of amidine groups is 1. The highest BCUT2D eigenvalue weighted by Gasteiger charge is 2.23. The maximum absolute atomic E-state index is 8.53. The van der Waals surface area contributed by atoms with E-state index in [4.69, 9.17) is 15.7 Å². The van der Waals surface area contributed by atoms with Crippen molar-refractivity contribution in [2.45, 2.75) is 6.42 Å². The Kier molecular flexibility index (Phi) is 3.93. The summed E-state index contributed by atoms with van der Waals surface area (Å²) in [5.74, 6) is 1.32. The fraction of sp³-hybridized carbons (Fsp3) is 0.545. The maximum Gasteiger partial charge on any atom is 0.190 e. The Morgan fingerprint density at radius 1 is 1.61 bits per heavy atom. The molecule has 7 nitrogen and oxygen atoms in total. The summed E-state index contributed by atoms with van der Waals surface area (Å²) in [6.07, 6.45) is 4.24. The van der Waals surface area contributed by atoms with Crippen LogP contribution in [0.2, 0.25) is 0 Å². The van der Waals surface area contributed by atoms with Crippen LogP contribution in [0.5, 0.6) is 0 Å². The van der Waals surface area contributed by atoms with Crippen molar-refractivity contribution in [2.75, 3.05) is 31.7 Å². The molecule has 0 bridgehead atoms. The molecule has 0 amide bonds. The molecule has 1 atom stereocenters. The monoisotopic (exact) mass is 251 g/mol. The third kappa shape index (κ3) is 2.67. The number of oxime groups is 1. The highest BCUT2D eigenvalue weighted by atomic mass is 16.5. The van der Waals surface area contributed by atoms with Gasteiger partial charge < -0.3 is 20.6 Å². The van der Waals surface area contributed by atoms with Gasteiger partial charge in [0.25, 0.3) is 0 Å². The topological polar surface area (TPSA) is 96.9 Å². The van der Waals surface area contributed by atoms with E-state index >= 15 is 0 Å². The Bertz CT molecular complexity index is 420. The van der Waals surface area contributed by atoms with Gasteiger partial charge in [-0.2, -0.15) is 0 Å². The number of hydrogen-bond acceptors (Lipinski definition) is 6. The highest BCUT2D eigenvalue weighted by molar-refractivity contribution is 5.94. The summed E-state index contributed by atoms with van der Waals surface area (Å²) in [5.41, 5.74) is 5.80. The van der Waals surface area contributed by atoms with E-state index in [9.17, 15) is 0 Å². The van der Waals surface area contributed by atoms with Crippen LogP contribution in [0.4, 0.5) is 5.82 Å². The normalized spacial score (nSPS) is 20.4. The van der Waals surface area contributed by atoms with E-state index < -0.39 is 0 Å². The van der Waals surface area contributed by atoms with E-state index in [1.54, 1.807) is 13.3 Å². The summed E-state index contributed by atoms with van der Waals surface area (Å²) in [4.78, 5) is 10.5. The number of hydrogen-bond donors (Lipinski definition) is 2. The number of methoxy groups -OCH3 is 1. The van der Waals surface area contributed by atoms with Gasteiger partial charge in [-0.25, -0.2) is 9.97 Å². The Morgan fingerprint density at radius 3 is 3.06 bits per heavy atom. The van der Waals surface area contributed by atoms with E-state index in [0.717, 1.165) is 31.9 Å². The first kappa shape index (κ1) is 12.6. The minimum atomic E-state index is -0.0345. The van der Waals surface area contributed by atoms with Crippen LogP contribution in [0.3, 0.4) is 0 Å². The molecule has 0 radical (unpaired) electrons. The zero-order valence-corrected chi connectivity index (χ0v) is 10.3. The molecule has 1 fully saturated rings. The number of ether oxygens (including phenoxy) is 1. The standard InChI is InChI=1S/C11H17N5O2/c1-18-7-8-2-3-16(6-8)10-5-13-9(4-14-10)11(12)15-17/h4-5,8,17H,2-3,6-7H2,1H3,(H2,12,15). The highest BCUT2D eigenvalue weighted by Crippen LogP contribution is 2.21. The molecule has 7 heteroatoms. The molecule has 0 saturated carbocycles. The van der Waals surface area contributed by atoms with Crippen molar-refractivity contribution in [3.63, 3.8) is 0 Å². The average molecular weight is 251 g/mol. The first-order valence-corrected chi connectivity index (χ1v) is 5.78. The largest absolute Gasteiger partial charge is 0.409 e. The van der Waals surface area contributed by atoms with E-state index in [1.807, 2.05) is 0 Å². The number of nitrogens with zero attached hydrogens (tertiary/aromatic N) is 4. The lowest BCUT2D eigenvalue weighted by molar-refractivity contribution is 0.161. The first-order chi connectivity index (χ1) is 8.74. The molecule has 1 aliphatic rings. The van der Waals surface area contributed by atoms with Crippen LogP contribution in [0.1, 0.15) is 12.1 Å². The summed E-state index contributed by atoms with van der Waals surface area (Å²) < 4.78 is 5.15. The molecule has 1 unspecified atom stereocenters. The molecular weight excluding hydrogens is 234 g/mol. The smallest absolute Gasteiger partial charge is 0.190 e. The van der Waals surface area contributed by atoms with Crippen molar-refractivity contribution in [1.82, 2.24) is 9.97 Å². The zero-order chi connectivity index (χ0) is 13.0. The third-order valence-electron chi connectivity index (χ3n) is 3.02. The minimum absolute atomic E-state index is 0.0345. The Balaban J connectivity index is 2.02. The Hall–Kier alpha value is -1.89. The van der Waals surface area contributed by atoms with Gasteiger partial charge in [0.1, 0.15) is 11.5 Å². The summed E-state index contributed by atoms with van der Waals surface area (Å²) in [6.45, 7) is 2.64. The van der Waals surface area contributed by atoms with Crippen molar-refractivity contribution < 1.29 is 9.94 Å². The lowest BCUT2D eigenvalue weighted by Crippen LogP contribution is -2.23.